The van der Waals surface area contributed by atoms with E-state index in [0.29, 0.717) is 22.4 Å². The molecule has 2 N–H and O–H groups in total. The highest BCUT2D eigenvalue weighted by atomic mass is 79.9. The molecule has 2 aromatic heterocycles. The van der Waals surface area contributed by atoms with Crippen molar-refractivity contribution in [2.45, 2.75) is 12.5 Å². The topological polar surface area (TPSA) is 78.9 Å². The van der Waals surface area contributed by atoms with Crippen LogP contribution in [0.3, 0.4) is 0 Å². The first-order valence-electron chi connectivity index (χ1n) is 11.0. The fraction of sp³-hybridized carbons (Fsp3) is 0.111. The summed E-state index contributed by atoms with van der Waals surface area (Å²) >= 11 is 9.55. The summed E-state index contributed by atoms with van der Waals surface area (Å²) in [5.41, 5.74) is 6.08. The summed E-state index contributed by atoms with van der Waals surface area (Å²) in [4.78, 5) is 3.62. The summed E-state index contributed by atoms with van der Waals surface area (Å²) in [7, 11) is 1.64. The van der Waals surface area contributed by atoms with Crippen molar-refractivity contribution in [3.05, 3.63) is 104 Å². The van der Waals surface area contributed by atoms with Gasteiger partial charge in [-0.15, -0.1) is 0 Å². The van der Waals surface area contributed by atoms with Crippen LogP contribution in [0.5, 0.6) is 11.6 Å². The number of halogens is 1. The van der Waals surface area contributed by atoms with Crippen LogP contribution in [-0.4, -0.2) is 26.3 Å². The average Bonchev–Trinajstić information content (AvgIpc) is 3.36. The van der Waals surface area contributed by atoms with E-state index in [0.717, 1.165) is 43.6 Å². The molecule has 0 spiro atoms. The highest BCUT2D eigenvalue weighted by molar-refractivity contribution is 9.10. The number of benzene rings is 3. The quantitative estimate of drug-likeness (QED) is 0.254. The maximum absolute atomic E-state index is 11.5. The predicted molar refractivity (Wildman–Crippen MR) is 140 cm³/mol. The van der Waals surface area contributed by atoms with E-state index in [2.05, 4.69) is 39.1 Å². The molecule has 8 heteroatoms. The van der Waals surface area contributed by atoms with E-state index in [-0.39, 0.29) is 11.9 Å². The maximum Gasteiger partial charge on any atom is 0.218 e. The van der Waals surface area contributed by atoms with Crippen molar-refractivity contribution in [3.8, 4) is 23.4 Å². The molecule has 0 radical (unpaired) electrons. The van der Waals surface area contributed by atoms with Crippen LogP contribution in [0.15, 0.2) is 71.2 Å². The van der Waals surface area contributed by atoms with Gasteiger partial charge in [0, 0.05) is 27.5 Å². The van der Waals surface area contributed by atoms with Crippen molar-refractivity contribution in [2.75, 3.05) is 7.11 Å². The average molecular weight is 543 g/mol. The molecule has 1 unspecified atom stereocenters. The van der Waals surface area contributed by atoms with Gasteiger partial charge in [-0.2, -0.15) is 5.26 Å². The van der Waals surface area contributed by atoms with Gasteiger partial charge in [0.2, 0.25) is 5.88 Å². The van der Waals surface area contributed by atoms with E-state index in [1.807, 2.05) is 41.0 Å². The molecular formula is C27H19BrN4O2S. The van der Waals surface area contributed by atoms with Crippen molar-refractivity contribution >= 4 is 39.1 Å². The summed E-state index contributed by atoms with van der Waals surface area (Å²) in [5.74, 6) is 0.849. The number of imidazole rings is 1. The lowest BCUT2D eigenvalue weighted by molar-refractivity contribution is 0.414. The van der Waals surface area contributed by atoms with Crippen LogP contribution in [0.25, 0.3) is 16.6 Å². The molecule has 1 aliphatic heterocycles. The van der Waals surface area contributed by atoms with E-state index in [1.54, 1.807) is 29.9 Å². The lowest BCUT2D eigenvalue weighted by Gasteiger charge is -2.26. The van der Waals surface area contributed by atoms with Gasteiger partial charge in [0.05, 0.1) is 30.1 Å². The number of methoxy groups -OCH3 is 1. The molecule has 1 aliphatic rings. The number of aromatic amines is 1. The Morgan fingerprint density at radius 1 is 1.14 bits per heavy atom. The Hall–Kier alpha value is -3.80. The molecule has 3 aromatic carbocycles. The molecule has 6 rings (SSSR count). The van der Waals surface area contributed by atoms with Gasteiger partial charge in [0.1, 0.15) is 11.8 Å². The monoisotopic (exact) mass is 542 g/mol. The zero-order chi connectivity index (χ0) is 24.3. The molecule has 0 saturated carbocycles. The molecule has 5 aromatic rings. The molecule has 1 atom stereocenters. The van der Waals surface area contributed by atoms with Crippen LogP contribution < -0.4 is 4.74 Å². The first-order valence-corrected chi connectivity index (χ1v) is 12.2. The Kier molecular flexibility index (Phi) is 5.06. The van der Waals surface area contributed by atoms with Crippen LogP contribution in [-0.2, 0) is 6.42 Å². The van der Waals surface area contributed by atoms with Gasteiger partial charge < -0.3 is 19.4 Å². The third kappa shape index (κ3) is 3.31. The second-order valence-corrected chi connectivity index (χ2v) is 9.76. The maximum atomic E-state index is 11.5. The molecule has 0 saturated heterocycles. The normalized spacial score (nSPS) is 14.4. The van der Waals surface area contributed by atoms with Crippen LogP contribution in [0, 0.1) is 16.1 Å². The van der Waals surface area contributed by atoms with E-state index in [9.17, 15) is 10.4 Å². The SMILES string of the molecule is COc1ccc(C2c3[nH]c4ccc(Br)cc4c3Cc3c(O)n(-c4cccc(C#N)c4)c(=S)n32)cc1. The van der Waals surface area contributed by atoms with Crippen molar-refractivity contribution < 1.29 is 9.84 Å². The first kappa shape index (κ1) is 21.7. The van der Waals surface area contributed by atoms with Gasteiger partial charge >= 0.3 is 0 Å². The molecule has 6 nitrogen and oxygen atoms in total. The number of ether oxygens (including phenoxy) is 1. The molecular weight excluding hydrogens is 524 g/mol. The number of hydrogen-bond acceptors (Lipinski definition) is 4. The molecule has 3 heterocycles. The minimum Gasteiger partial charge on any atom is -0.497 e. The van der Waals surface area contributed by atoms with E-state index in [1.165, 1.54) is 0 Å². The smallest absolute Gasteiger partial charge is 0.218 e. The number of nitrogens with zero attached hydrogens (tertiary/aromatic N) is 3. The summed E-state index contributed by atoms with van der Waals surface area (Å²) in [6.45, 7) is 0. The number of aromatic hydroxyl groups is 1. The Balaban J connectivity index is 1.65. The number of nitrogens with one attached hydrogen (secondary N) is 1. The lowest BCUT2D eigenvalue weighted by Crippen LogP contribution is -2.21. The predicted octanol–water partition coefficient (Wildman–Crippen LogP) is 6.38. The van der Waals surface area contributed by atoms with Crippen molar-refractivity contribution in [1.82, 2.24) is 14.1 Å². The second kappa shape index (κ2) is 8.15. The van der Waals surface area contributed by atoms with Crippen molar-refractivity contribution in [1.29, 1.82) is 5.26 Å². The van der Waals surface area contributed by atoms with Crippen LogP contribution >= 0.6 is 28.1 Å². The number of H-pyrrole nitrogens is 1. The van der Waals surface area contributed by atoms with Gasteiger partial charge in [-0.1, -0.05) is 34.1 Å². The molecule has 0 bridgehead atoms. The highest BCUT2D eigenvalue weighted by Crippen LogP contribution is 2.44. The minimum absolute atomic E-state index is 0.0820. The van der Waals surface area contributed by atoms with Gasteiger partial charge in [-0.3, -0.25) is 4.57 Å². The van der Waals surface area contributed by atoms with Crippen molar-refractivity contribution in [3.63, 3.8) is 0 Å². The number of aromatic nitrogens is 3. The largest absolute Gasteiger partial charge is 0.497 e. The molecule has 35 heavy (non-hydrogen) atoms. The second-order valence-electron chi connectivity index (χ2n) is 8.48. The minimum atomic E-state index is -0.273. The summed E-state index contributed by atoms with van der Waals surface area (Å²) in [6, 6.07) is 23.1. The molecule has 0 aliphatic carbocycles. The summed E-state index contributed by atoms with van der Waals surface area (Å²) in [5, 5.41) is 21.9. The number of hydrogen-bond donors (Lipinski definition) is 2. The number of nitriles is 1. The Labute approximate surface area is 214 Å². The number of rotatable bonds is 3. The highest BCUT2D eigenvalue weighted by Gasteiger charge is 2.34. The summed E-state index contributed by atoms with van der Waals surface area (Å²) in [6.07, 6.45) is 0.513. The van der Waals surface area contributed by atoms with Gasteiger partial charge in [-0.05, 0) is 71.9 Å². The molecule has 0 fully saturated rings. The molecule has 172 valence electrons. The van der Waals surface area contributed by atoms with Crippen LogP contribution in [0.4, 0.5) is 0 Å². The third-order valence-corrected chi connectivity index (χ3v) is 7.47. The van der Waals surface area contributed by atoms with Gasteiger partial charge in [0.25, 0.3) is 0 Å². The fourth-order valence-corrected chi connectivity index (χ4v) is 5.76. The van der Waals surface area contributed by atoms with E-state index < -0.39 is 0 Å². The zero-order valence-corrected chi connectivity index (χ0v) is 21.0. The Morgan fingerprint density at radius 2 is 1.94 bits per heavy atom. The molecule has 0 amide bonds. The first-order chi connectivity index (χ1) is 17.0. The van der Waals surface area contributed by atoms with Gasteiger partial charge in [0.15, 0.2) is 4.77 Å². The Bertz CT molecular complexity index is 1720. The van der Waals surface area contributed by atoms with Gasteiger partial charge in [-0.25, -0.2) is 0 Å². The third-order valence-electron chi connectivity index (χ3n) is 6.60. The van der Waals surface area contributed by atoms with E-state index in [4.69, 9.17) is 17.0 Å². The lowest BCUT2D eigenvalue weighted by atomic mass is 9.93. The fourth-order valence-electron chi connectivity index (χ4n) is 4.99. The Morgan fingerprint density at radius 3 is 2.69 bits per heavy atom. The van der Waals surface area contributed by atoms with Crippen LogP contribution in [0.1, 0.15) is 34.1 Å². The zero-order valence-electron chi connectivity index (χ0n) is 18.6. The standard InChI is InChI=1S/C27H19BrN4O2S/c1-34-19-8-5-16(6-9-19)25-24-21(20-12-17(28)7-10-22(20)30-24)13-23-26(33)31(27(35)32(23)25)18-4-2-3-15(11-18)14-29/h2-12,25,30,33H,13H2,1H3. The van der Waals surface area contributed by atoms with Crippen LogP contribution in [0.2, 0.25) is 0 Å². The number of fused-ring (bicyclic) bond motifs is 4. The van der Waals surface area contributed by atoms with Crippen molar-refractivity contribution in [2.24, 2.45) is 0 Å². The summed E-state index contributed by atoms with van der Waals surface area (Å²) < 4.78 is 10.5. The van der Waals surface area contributed by atoms with E-state index >= 15 is 0 Å².